The van der Waals surface area contributed by atoms with E-state index in [2.05, 4.69) is 12.3 Å². The van der Waals surface area contributed by atoms with Crippen LogP contribution in [0.1, 0.15) is 24.9 Å². The van der Waals surface area contributed by atoms with Gasteiger partial charge in [0.25, 0.3) is 0 Å². The molecule has 1 aromatic carbocycles. The van der Waals surface area contributed by atoms with Crippen molar-refractivity contribution in [1.29, 1.82) is 0 Å². The predicted octanol–water partition coefficient (Wildman–Crippen LogP) is 1.27. The van der Waals surface area contributed by atoms with Gasteiger partial charge >= 0.3 is 0 Å². The van der Waals surface area contributed by atoms with Gasteiger partial charge in [-0.15, -0.1) is 0 Å². The molecule has 3 N–H and O–H groups in total. The Morgan fingerprint density at radius 2 is 2.11 bits per heavy atom. The van der Waals surface area contributed by atoms with Gasteiger partial charge in [-0.05, 0) is 30.0 Å². The lowest BCUT2D eigenvalue weighted by Gasteiger charge is -2.23. The summed E-state index contributed by atoms with van der Waals surface area (Å²) in [6.07, 6.45) is 2.04. The lowest BCUT2D eigenvalue weighted by molar-refractivity contribution is 0.170. The Morgan fingerprint density at radius 3 is 2.63 bits per heavy atom. The van der Waals surface area contributed by atoms with E-state index in [1.807, 2.05) is 6.07 Å². The van der Waals surface area contributed by atoms with Gasteiger partial charge in [-0.25, -0.2) is 8.42 Å². The number of nitrogens with one attached hydrogen (secondary N) is 1. The van der Waals surface area contributed by atoms with Crippen LogP contribution in [0.5, 0.6) is 0 Å². The largest absolute Gasteiger partial charge is 0.385 e. The van der Waals surface area contributed by atoms with Crippen LogP contribution in [-0.4, -0.2) is 28.4 Å². The van der Waals surface area contributed by atoms with E-state index in [9.17, 15) is 8.42 Å². The third-order valence-corrected chi connectivity index (χ3v) is 4.28. The number of ether oxygens (including phenoxy) is 1. The van der Waals surface area contributed by atoms with E-state index in [0.29, 0.717) is 11.5 Å². The zero-order valence-electron chi connectivity index (χ0n) is 11.6. The summed E-state index contributed by atoms with van der Waals surface area (Å²) in [5, 5.41) is 0. The molecule has 108 valence electrons. The van der Waals surface area contributed by atoms with Gasteiger partial charge in [-0.3, -0.25) is 11.3 Å². The summed E-state index contributed by atoms with van der Waals surface area (Å²) in [5.74, 6) is 5.83. The Labute approximate surface area is 115 Å². The second-order valence-corrected chi connectivity index (χ2v) is 6.76. The van der Waals surface area contributed by atoms with Crippen molar-refractivity contribution in [1.82, 2.24) is 5.43 Å². The highest BCUT2D eigenvalue weighted by atomic mass is 32.2. The van der Waals surface area contributed by atoms with Crippen molar-refractivity contribution < 1.29 is 13.2 Å². The molecule has 0 spiro atoms. The van der Waals surface area contributed by atoms with Crippen LogP contribution < -0.4 is 11.3 Å². The van der Waals surface area contributed by atoms with E-state index < -0.39 is 9.84 Å². The smallest absolute Gasteiger partial charge is 0.175 e. The van der Waals surface area contributed by atoms with Crippen LogP contribution in [-0.2, 0) is 14.6 Å². The molecule has 0 aromatic heterocycles. The molecular formula is C13H22N2O3S. The molecule has 1 rings (SSSR count). The van der Waals surface area contributed by atoms with Crippen LogP contribution in [0.15, 0.2) is 29.2 Å². The first-order chi connectivity index (χ1) is 8.90. The standard InChI is InChI=1S/C13H22N2O3S/c1-10(7-8-18-2)13(15-14)11-5-4-6-12(9-11)19(3,16)17/h4-6,9-10,13,15H,7-8,14H2,1-3H3. The van der Waals surface area contributed by atoms with E-state index in [1.54, 1.807) is 25.3 Å². The van der Waals surface area contributed by atoms with Gasteiger partial charge in [0, 0.05) is 26.0 Å². The molecule has 0 saturated heterocycles. The van der Waals surface area contributed by atoms with Crippen LogP contribution in [0.3, 0.4) is 0 Å². The molecule has 2 unspecified atom stereocenters. The van der Waals surface area contributed by atoms with Crippen LogP contribution >= 0.6 is 0 Å². The third kappa shape index (κ3) is 4.58. The molecule has 0 radical (unpaired) electrons. The summed E-state index contributed by atoms with van der Waals surface area (Å²) in [6.45, 7) is 2.70. The van der Waals surface area contributed by atoms with Crippen molar-refractivity contribution in [2.75, 3.05) is 20.0 Å². The molecule has 0 amide bonds. The number of nitrogens with two attached hydrogens (primary N) is 1. The lowest BCUT2D eigenvalue weighted by atomic mass is 9.93. The van der Waals surface area contributed by atoms with E-state index in [1.165, 1.54) is 6.26 Å². The molecule has 6 heteroatoms. The van der Waals surface area contributed by atoms with Gasteiger partial charge in [0.2, 0.25) is 0 Å². The van der Waals surface area contributed by atoms with Gasteiger partial charge in [0.05, 0.1) is 4.90 Å². The van der Waals surface area contributed by atoms with Crippen molar-refractivity contribution >= 4 is 9.84 Å². The normalized spacial score (nSPS) is 15.2. The molecule has 2 atom stereocenters. The SMILES string of the molecule is COCCC(C)C(NN)c1cccc(S(C)(=O)=O)c1. The quantitative estimate of drug-likeness (QED) is 0.582. The fourth-order valence-corrected chi connectivity index (χ4v) is 2.67. The maximum Gasteiger partial charge on any atom is 0.175 e. The van der Waals surface area contributed by atoms with E-state index in [4.69, 9.17) is 10.6 Å². The van der Waals surface area contributed by atoms with E-state index in [-0.39, 0.29) is 12.0 Å². The zero-order chi connectivity index (χ0) is 14.5. The van der Waals surface area contributed by atoms with Gasteiger partial charge < -0.3 is 4.74 Å². The van der Waals surface area contributed by atoms with Gasteiger partial charge in [0.15, 0.2) is 9.84 Å². The Kier molecular flexibility index (Phi) is 5.93. The molecule has 0 bridgehead atoms. The number of hydrazine groups is 1. The highest BCUT2D eigenvalue weighted by Crippen LogP contribution is 2.25. The molecule has 0 aliphatic rings. The highest BCUT2D eigenvalue weighted by Gasteiger charge is 2.19. The van der Waals surface area contributed by atoms with Gasteiger partial charge in [0.1, 0.15) is 0 Å². The first-order valence-electron chi connectivity index (χ1n) is 6.15. The minimum absolute atomic E-state index is 0.100. The topological polar surface area (TPSA) is 81.4 Å². The number of hydrogen-bond donors (Lipinski definition) is 2. The molecular weight excluding hydrogens is 264 g/mol. The summed E-state index contributed by atoms with van der Waals surface area (Å²) >= 11 is 0. The monoisotopic (exact) mass is 286 g/mol. The average Bonchev–Trinajstić information content (AvgIpc) is 2.36. The number of benzene rings is 1. The van der Waals surface area contributed by atoms with Crippen molar-refractivity contribution in [2.24, 2.45) is 11.8 Å². The van der Waals surface area contributed by atoms with Crippen molar-refractivity contribution in [3.8, 4) is 0 Å². The molecule has 5 nitrogen and oxygen atoms in total. The second-order valence-electron chi connectivity index (χ2n) is 4.75. The Hall–Kier alpha value is -0.950. The minimum atomic E-state index is -3.20. The maximum atomic E-state index is 11.6. The molecule has 0 saturated carbocycles. The summed E-state index contributed by atoms with van der Waals surface area (Å²) in [5.41, 5.74) is 3.62. The minimum Gasteiger partial charge on any atom is -0.385 e. The fraction of sp³-hybridized carbons (Fsp3) is 0.538. The third-order valence-electron chi connectivity index (χ3n) is 3.17. The number of rotatable bonds is 7. The van der Waals surface area contributed by atoms with Crippen LogP contribution in [0.25, 0.3) is 0 Å². The number of hydrogen-bond acceptors (Lipinski definition) is 5. The van der Waals surface area contributed by atoms with E-state index in [0.717, 1.165) is 12.0 Å². The Balaban J connectivity index is 2.99. The van der Waals surface area contributed by atoms with Crippen molar-refractivity contribution in [3.05, 3.63) is 29.8 Å². The Morgan fingerprint density at radius 1 is 1.42 bits per heavy atom. The highest BCUT2D eigenvalue weighted by molar-refractivity contribution is 7.90. The second kappa shape index (κ2) is 7.00. The van der Waals surface area contributed by atoms with Crippen LogP contribution in [0, 0.1) is 5.92 Å². The van der Waals surface area contributed by atoms with E-state index >= 15 is 0 Å². The predicted molar refractivity (Wildman–Crippen MR) is 75.3 cm³/mol. The molecule has 1 aromatic rings. The molecule has 0 aliphatic heterocycles. The van der Waals surface area contributed by atoms with Gasteiger partial charge in [-0.1, -0.05) is 19.1 Å². The summed E-state index contributed by atoms with van der Waals surface area (Å²) in [4.78, 5) is 0.309. The van der Waals surface area contributed by atoms with Gasteiger partial charge in [-0.2, -0.15) is 0 Å². The Bertz CT molecular complexity index is 502. The zero-order valence-corrected chi connectivity index (χ0v) is 12.4. The number of methoxy groups -OCH3 is 1. The number of sulfone groups is 1. The summed E-state index contributed by atoms with van der Waals surface area (Å²) < 4.78 is 28.2. The first kappa shape index (κ1) is 16.1. The van der Waals surface area contributed by atoms with Crippen molar-refractivity contribution in [2.45, 2.75) is 24.3 Å². The molecule has 0 fully saturated rings. The molecule has 19 heavy (non-hydrogen) atoms. The summed E-state index contributed by atoms with van der Waals surface area (Å²) in [6, 6.07) is 6.77. The van der Waals surface area contributed by atoms with Crippen LogP contribution in [0.4, 0.5) is 0 Å². The maximum absolute atomic E-state index is 11.6. The van der Waals surface area contributed by atoms with Crippen molar-refractivity contribution in [3.63, 3.8) is 0 Å². The van der Waals surface area contributed by atoms with Crippen LogP contribution in [0.2, 0.25) is 0 Å². The lowest BCUT2D eigenvalue weighted by Crippen LogP contribution is -2.33. The molecule has 0 heterocycles. The first-order valence-corrected chi connectivity index (χ1v) is 8.04. The molecule has 0 aliphatic carbocycles. The summed E-state index contributed by atoms with van der Waals surface area (Å²) in [7, 11) is -1.55. The average molecular weight is 286 g/mol. The fourth-order valence-electron chi connectivity index (χ4n) is 2.00.